The Morgan fingerprint density at radius 3 is 2.39 bits per heavy atom. The van der Waals surface area contributed by atoms with E-state index >= 15 is 0 Å². The Labute approximate surface area is 199 Å². The van der Waals surface area contributed by atoms with E-state index in [4.69, 9.17) is 17.0 Å². The summed E-state index contributed by atoms with van der Waals surface area (Å²) in [4.78, 5) is 17.9. The zero-order valence-corrected chi connectivity index (χ0v) is 19.6. The second kappa shape index (κ2) is 10.3. The maximum atomic E-state index is 12.9. The number of ether oxygens (including phenoxy) is 1. The number of H-pyrrole nitrogens is 1. The molecule has 1 atom stereocenters. The minimum Gasteiger partial charge on any atom is -0.497 e. The molecular weight excluding hydrogens is 430 g/mol. The van der Waals surface area contributed by atoms with Crippen LogP contribution in [0.1, 0.15) is 29.7 Å². The number of hydrogen-bond acceptors (Lipinski definition) is 3. The minimum absolute atomic E-state index is 0.0410. The molecule has 2 N–H and O–H groups in total. The lowest BCUT2D eigenvalue weighted by Crippen LogP contribution is -2.41. The van der Waals surface area contributed by atoms with Crippen LogP contribution in [0.3, 0.4) is 0 Å². The predicted molar refractivity (Wildman–Crippen MR) is 137 cm³/mol. The second-order valence-electron chi connectivity index (χ2n) is 8.00. The first-order valence-corrected chi connectivity index (χ1v) is 11.3. The maximum absolute atomic E-state index is 12.9. The van der Waals surface area contributed by atoms with Crippen LogP contribution < -0.4 is 15.6 Å². The molecule has 0 bridgehead atoms. The fourth-order valence-electron chi connectivity index (χ4n) is 3.78. The highest BCUT2D eigenvalue weighted by atomic mass is 32.1. The predicted octanol–water partition coefficient (Wildman–Crippen LogP) is 5.17. The van der Waals surface area contributed by atoms with Crippen molar-refractivity contribution in [3.63, 3.8) is 0 Å². The molecule has 4 aromatic rings. The number of methoxy groups -OCH3 is 1. The van der Waals surface area contributed by atoms with Crippen molar-refractivity contribution >= 4 is 28.2 Å². The van der Waals surface area contributed by atoms with E-state index in [1.807, 2.05) is 65.6 Å². The van der Waals surface area contributed by atoms with Crippen LogP contribution in [0.2, 0.25) is 0 Å². The highest BCUT2D eigenvalue weighted by Crippen LogP contribution is 2.20. The molecule has 0 fully saturated rings. The van der Waals surface area contributed by atoms with Gasteiger partial charge in [-0.1, -0.05) is 60.7 Å². The molecule has 1 aromatic heterocycles. The van der Waals surface area contributed by atoms with Gasteiger partial charge < -0.3 is 19.9 Å². The Bertz CT molecular complexity index is 1290. The van der Waals surface area contributed by atoms with Gasteiger partial charge in [0, 0.05) is 18.2 Å². The lowest BCUT2D eigenvalue weighted by molar-refractivity contribution is 0.392. The van der Waals surface area contributed by atoms with Gasteiger partial charge in [-0.15, -0.1) is 0 Å². The van der Waals surface area contributed by atoms with Gasteiger partial charge in [-0.2, -0.15) is 0 Å². The van der Waals surface area contributed by atoms with Crippen molar-refractivity contribution < 1.29 is 4.74 Å². The average Bonchev–Trinajstić information content (AvgIpc) is 2.84. The number of nitrogens with one attached hydrogen (secondary N) is 2. The van der Waals surface area contributed by atoms with E-state index in [1.165, 1.54) is 0 Å². The summed E-state index contributed by atoms with van der Waals surface area (Å²) in [5, 5.41) is 4.98. The van der Waals surface area contributed by atoms with E-state index in [0.717, 1.165) is 22.0 Å². The molecule has 0 aliphatic carbocycles. The highest BCUT2D eigenvalue weighted by Gasteiger charge is 2.16. The van der Waals surface area contributed by atoms with Gasteiger partial charge in [0.05, 0.1) is 25.2 Å². The first kappa shape index (κ1) is 22.6. The summed E-state index contributed by atoms with van der Waals surface area (Å²) in [5.41, 5.74) is 3.54. The molecule has 1 unspecified atom stereocenters. The smallest absolute Gasteiger partial charge is 0.253 e. The van der Waals surface area contributed by atoms with Gasteiger partial charge in [0.1, 0.15) is 5.75 Å². The largest absolute Gasteiger partial charge is 0.497 e. The number of aromatic nitrogens is 1. The van der Waals surface area contributed by atoms with E-state index in [0.29, 0.717) is 29.5 Å². The van der Waals surface area contributed by atoms with E-state index in [-0.39, 0.29) is 11.6 Å². The van der Waals surface area contributed by atoms with Crippen molar-refractivity contribution in [3.8, 4) is 5.75 Å². The maximum Gasteiger partial charge on any atom is 0.253 e. The summed E-state index contributed by atoms with van der Waals surface area (Å²) < 4.78 is 5.27. The zero-order chi connectivity index (χ0) is 23.2. The van der Waals surface area contributed by atoms with Crippen molar-refractivity contribution in [2.75, 3.05) is 7.11 Å². The van der Waals surface area contributed by atoms with E-state index in [1.54, 1.807) is 7.11 Å². The number of rotatable bonds is 7. The van der Waals surface area contributed by atoms with Crippen molar-refractivity contribution in [1.29, 1.82) is 0 Å². The minimum atomic E-state index is -0.132. The average molecular weight is 458 g/mol. The molecule has 0 saturated carbocycles. The Balaban J connectivity index is 1.61. The zero-order valence-electron chi connectivity index (χ0n) is 18.7. The SMILES string of the molecule is COc1ccc2cc(CN(Cc3ccccc3)C(=S)NC(C)c3ccccc3)c(=O)[nH]c2c1. The van der Waals surface area contributed by atoms with Crippen LogP contribution in [0.5, 0.6) is 5.75 Å². The summed E-state index contributed by atoms with van der Waals surface area (Å²) in [7, 11) is 1.61. The van der Waals surface area contributed by atoms with Crippen molar-refractivity contribution in [3.05, 3.63) is 112 Å². The van der Waals surface area contributed by atoms with Gasteiger partial charge in [-0.3, -0.25) is 4.79 Å². The quantitative estimate of drug-likeness (QED) is 0.375. The summed E-state index contributed by atoms with van der Waals surface area (Å²) in [6, 6.07) is 27.9. The van der Waals surface area contributed by atoms with Gasteiger partial charge in [0.25, 0.3) is 5.56 Å². The van der Waals surface area contributed by atoms with Crippen LogP contribution in [0, 0.1) is 0 Å². The molecule has 4 rings (SSSR count). The Morgan fingerprint density at radius 2 is 1.70 bits per heavy atom. The monoisotopic (exact) mass is 457 g/mol. The number of fused-ring (bicyclic) bond motifs is 1. The fourth-order valence-corrected chi connectivity index (χ4v) is 4.09. The summed E-state index contributed by atoms with van der Waals surface area (Å²) in [6.07, 6.45) is 0. The normalized spacial score (nSPS) is 11.7. The Morgan fingerprint density at radius 1 is 1.00 bits per heavy atom. The summed E-state index contributed by atoms with van der Waals surface area (Å²) >= 11 is 5.81. The third-order valence-corrected chi connectivity index (χ3v) is 6.01. The Kier molecular flexibility index (Phi) is 7.05. The molecule has 33 heavy (non-hydrogen) atoms. The van der Waals surface area contributed by atoms with Crippen LogP contribution in [-0.4, -0.2) is 22.1 Å². The van der Waals surface area contributed by atoms with Crippen molar-refractivity contribution in [1.82, 2.24) is 15.2 Å². The lowest BCUT2D eigenvalue weighted by atomic mass is 10.1. The number of nitrogens with zero attached hydrogens (tertiary/aromatic N) is 1. The molecule has 5 nitrogen and oxygen atoms in total. The molecule has 0 aliphatic rings. The second-order valence-corrected chi connectivity index (χ2v) is 8.39. The molecule has 0 radical (unpaired) electrons. The topological polar surface area (TPSA) is 57.4 Å². The van der Waals surface area contributed by atoms with Crippen molar-refractivity contribution in [2.45, 2.75) is 26.1 Å². The molecule has 0 spiro atoms. The van der Waals surface area contributed by atoms with Crippen LogP contribution in [-0.2, 0) is 13.1 Å². The van der Waals surface area contributed by atoms with Crippen LogP contribution in [0.4, 0.5) is 0 Å². The molecule has 6 heteroatoms. The van der Waals surface area contributed by atoms with Gasteiger partial charge in [-0.25, -0.2) is 0 Å². The van der Waals surface area contributed by atoms with E-state index in [9.17, 15) is 4.79 Å². The van der Waals surface area contributed by atoms with Gasteiger partial charge in [0.2, 0.25) is 0 Å². The third-order valence-electron chi connectivity index (χ3n) is 5.63. The number of hydrogen-bond donors (Lipinski definition) is 2. The number of pyridine rings is 1. The molecule has 1 heterocycles. The van der Waals surface area contributed by atoms with Gasteiger partial charge in [0.15, 0.2) is 5.11 Å². The number of aromatic amines is 1. The molecule has 3 aromatic carbocycles. The highest BCUT2D eigenvalue weighted by molar-refractivity contribution is 7.80. The van der Waals surface area contributed by atoms with Crippen molar-refractivity contribution in [2.24, 2.45) is 0 Å². The van der Waals surface area contributed by atoms with E-state index < -0.39 is 0 Å². The lowest BCUT2D eigenvalue weighted by Gasteiger charge is -2.28. The third kappa shape index (κ3) is 5.59. The first-order valence-electron chi connectivity index (χ1n) is 10.9. The van der Waals surface area contributed by atoms with Gasteiger partial charge in [-0.05, 0) is 53.9 Å². The molecule has 0 aliphatic heterocycles. The number of thiocarbonyl (C=S) groups is 1. The molecule has 168 valence electrons. The van der Waals surface area contributed by atoms with Crippen LogP contribution in [0.15, 0.2) is 89.7 Å². The van der Waals surface area contributed by atoms with Crippen LogP contribution in [0.25, 0.3) is 10.9 Å². The Hall–Kier alpha value is -3.64. The molecule has 0 amide bonds. The summed E-state index contributed by atoms with van der Waals surface area (Å²) in [5.74, 6) is 0.705. The number of benzene rings is 3. The first-order chi connectivity index (χ1) is 16.0. The molecule has 0 saturated heterocycles. The fraction of sp³-hybridized carbons (Fsp3) is 0.185. The summed E-state index contributed by atoms with van der Waals surface area (Å²) in [6.45, 7) is 3.06. The van der Waals surface area contributed by atoms with Gasteiger partial charge >= 0.3 is 0 Å². The van der Waals surface area contributed by atoms with Crippen LogP contribution >= 0.6 is 12.2 Å². The van der Waals surface area contributed by atoms with E-state index in [2.05, 4.69) is 41.5 Å². The molecular formula is C27H27N3O2S. The standard InChI is InChI=1S/C27H27N3O2S/c1-19(21-11-7-4-8-12-21)28-27(33)30(17-20-9-5-3-6-10-20)18-23-15-22-13-14-24(32-2)16-25(22)29-26(23)31/h3-16,19H,17-18H2,1-2H3,(H,28,33)(H,29,31).